The predicted molar refractivity (Wildman–Crippen MR) is 72.6 cm³/mol. The molecular weight excluding hydrogens is 284 g/mol. The SMILES string of the molecule is COc1cccc(OC)c1OCc1nnc(CCCl)o1. The summed E-state index contributed by atoms with van der Waals surface area (Å²) in [5.41, 5.74) is 0. The van der Waals surface area contributed by atoms with Gasteiger partial charge in [0, 0.05) is 12.3 Å². The molecule has 7 heteroatoms. The Kier molecular flexibility index (Phi) is 5.06. The maximum Gasteiger partial charge on any atom is 0.253 e. The van der Waals surface area contributed by atoms with Gasteiger partial charge in [-0.15, -0.1) is 21.8 Å². The molecular formula is C13H15ClN2O4. The first kappa shape index (κ1) is 14.5. The van der Waals surface area contributed by atoms with Crippen LogP contribution in [-0.2, 0) is 13.0 Å². The highest BCUT2D eigenvalue weighted by molar-refractivity contribution is 6.17. The zero-order valence-corrected chi connectivity index (χ0v) is 12.0. The number of benzene rings is 1. The second-order valence-electron chi connectivity index (χ2n) is 3.81. The van der Waals surface area contributed by atoms with E-state index < -0.39 is 0 Å². The van der Waals surface area contributed by atoms with E-state index in [-0.39, 0.29) is 6.61 Å². The lowest BCUT2D eigenvalue weighted by Crippen LogP contribution is -2.00. The van der Waals surface area contributed by atoms with E-state index in [1.807, 2.05) is 6.07 Å². The molecule has 1 heterocycles. The number of methoxy groups -OCH3 is 2. The molecule has 0 saturated heterocycles. The normalized spacial score (nSPS) is 10.3. The Balaban J connectivity index is 2.09. The van der Waals surface area contributed by atoms with Gasteiger partial charge in [-0.2, -0.15) is 0 Å². The summed E-state index contributed by atoms with van der Waals surface area (Å²) in [6, 6.07) is 5.38. The van der Waals surface area contributed by atoms with Gasteiger partial charge in [-0.25, -0.2) is 0 Å². The fraction of sp³-hybridized carbons (Fsp3) is 0.385. The smallest absolute Gasteiger partial charge is 0.253 e. The number of nitrogens with zero attached hydrogens (tertiary/aromatic N) is 2. The van der Waals surface area contributed by atoms with Crippen molar-refractivity contribution in [2.75, 3.05) is 20.1 Å². The molecule has 108 valence electrons. The third kappa shape index (κ3) is 3.33. The van der Waals surface area contributed by atoms with E-state index in [2.05, 4.69) is 10.2 Å². The number of aryl methyl sites for hydroxylation is 1. The number of rotatable bonds is 7. The van der Waals surface area contributed by atoms with Gasteiger partial charge in [0.05, 0.1) is 14.2 Å². The third-order valence-electron chi connectivity index (χ3n) is 2.54. The first-order valence-corrected chi connectivity index (χ1v) is 6.53. The molecule has 0 fully saturated rings. The third-order valence-corrected chi connectivity index (χ3v) is 2.73. The van der Waals surface area contributed by atoms with Crippen LogP contribution in [0.3, 0.4) is 0 Å². The van der Waals surface area contributed by atoms with Gasteiger partial charge in [0.2, 0.25) is 11.6 Å². The van der Waals surface area contributed by atoms with Crippen molar-refractivity contribution in [3.05, 3.63) is 30.0 Å². The summed E-state index contributed by atoms with van der Waals surface area (Å²) in [5, 5.41) is 7.74. The average molecular weight is 299 g/mol. The topological polar surface area (TPSA) is 66.6 Å². The zero-order chi connectivity index (χ0) is 14.4. The zero-order valence-electron chi connectivity index (χ0n) is 11.3. The number of ether oxygens (including phenoxy) is 3. The van der Waals surface area contributed by atoms with Crippen LogP contribution >= 0.6 is 11.6 Å². The standard InChI is InChI=1S/C13H15ClN2O4/c1-17-9-4-3-5-10(18-2)13(9)19-8-12-16-15-11(20-12)6-7-14/h3-5H,6-8H2,1-2H3. The predicted octanol–water partition coefficient (Wildman–Crippen LogP) is 2.45. The van der Waals surface area contributed by atoms with Crippen molar-refractivity contribution in [3.63, 3.8) is 0 Å². The van der Waals surface area contributed by atoms with E-state index in [9.17, 15) is 0 Å². The second kappa shape index (κ2) is 7.00. The van der Waals surface area contributed by atoms with E-state index in [1.54, 1.807) is 26.4 Å². The summed E-state index contributed by atoms with van der Waals surface area (Å²) >= 11 is 5.61. The van der Waals surface area contributed by atoms with Crippen LogP contribution in [-0.4, -0.2) is 30.3 Å². The number of hydrogen-bond acceptors (Lipinski definition) is 6. The van der Waals surface area contributed by atoms with Crippen LogP contribution in [0.4, 0.5) is 0 Å². The minimum atomic E-state index is 0.131. The van der Waals surface area contributed by atoms with Crippen LogP contribution in [0.15, 0.2) is 22.6 Å². The van der Waals surface area contributed by atoms with E-state index in [4.69, 9.17) is 30.2 Å². The number of aromatic nitrogens is 2. The monoisotopic (exact) mass is 298 g/mol. The summed E-state index contributed by atoms with van der Waals surface area (Å²) in [6.45, 7) is 0.131. The first-order chi connectivity index (χ1) is 9.78. The maximum absolute atomic E-state index is 5.65. The summed E-state index contributed by atoms with van der Waals surface area (Å²) < 4.78 is 21.5. The molecule has 0 atom stereocenters. The highest BCUT2D eigenvalue weighted by Crippen LogP contribution is 2.37. The van der Waals surface area contributed by atoms with E-state index in [0.717, 1.165) is 0 Å². The largest absolute Gasteiger partial charge is 0.493 e. The lowest BCUT2D eigenvalue weighted by molar-refractivity contribution is 0.235. The molecule has 20 heavy (non-hydrogen) atoms. The molecule has 0 unspecified atom stereocenters. The van der Waals surface area contributed by atoms with E-state index in [1.165, 1.54) is 0 Å². The Bertz CT molecular complexity index is 537. The molecule has 6 nitrogen and oxygen atoms in total. The molecule has 1 aromatic carbocycles. The van der Waals surface area contributed by atoms with Crippen molar-refractivity contribution in [3.8, 4) is 17.2 Å². The number of para-hydroxylation sites is 1. The summed E-state index contributed by atoms with van der Waals surface area (Å²) in [4.78, 5) is 0. The van der Waals surface area contributed by atoms with Gasteiger partial charge in [-0.1, -0.05) is 6.07 Å². The highest BCUT2D eigenvalue weighted by atomic mass is 35.5. The van der Waals surface area contributed by atoms with Gasteiger partial charge in [0.1, 0.15) is 0 Å². The van der Waals surface area contributed by atoms with Crippen LogP contribution in [0.2, 0.25) is 0 Å². The number of alkyl halides is 1. The van der Waals surface area contributed by atoms with Crippen molar-refractivity contribution in [1.82, 2.24) is 10.2 Å². The summed E-state index contributed by atoms with van der Waals surface area (Å²) in [5.74, 6) is 2.94. The summed E-state index contributed by atoms with van der Waals surface area (Å²) in [6.07, 6.45) is 0.534. The van der Waals surface area contributed by atoms with Crippen molar-refractivity contribution in [1.29, 1.82) is 0 Å². The van der Waals surface area contributed by atoms with Crippen molar-refractivity contribution >= 4 is 11.6 Å². The quantitative estimate of drug-likeness (QED) is 0.732. The number of halogens is 1. The van der Waals surface area contributed by atoms with Crippen molar-refractivity contribution < 1.29 is 18.6 Å². The molecule has 1 aromatic heterocycles. The van der Waals surface area contributed by atoms with Gasteiger partial charge < -0.3 is 18.6 Å². The van der Waals surface area contributed by atoms with Crippen LogP contribution in [0.1, 0.15) is 11.8 Å². The van der Waals surface area contributed by atoms with Crippen LogP contribution in [0.25, 0.3) is 0 Å². The molecule has 2 aromatic rings. The minimum absolute atomic E-state index is 0.131. The van der Waals surface area contributed by atoms with E-state index in [0.29, 0.717) is 41.3 Å². The van der Waals surface area contributed by atoms with Crippen LogP contribution in [0, 0.1) is 0 Å². The van der Waals surface area contributed by atoms with E-state index >= 15 is 0 Å². The minimum Gasteiger partial charge on any atom is -0.493 e. The van der Waals surface area contributed by atoms with Gasteiger partial charge >= 0.3 is 0 Å². The Morgan fingerprint density at radius 2 is 1.75 bits per heavy atom. The van der Waals surface area contributed by atoms with Gasteiger partial charge in [0.15, 0.2) is 18.1 Å². The molecule has 0 N–H and O–H groups in total. The van der Waals surface area contributed by atoms with Crippen LogP contribution < -0.4 is 14.2 Å². The molecule has 2 rings (SSSR count). The lowest BCUT2D eigenvalue weighted by Gasteiger charge is -2.12. The fourth-order valence-corrected chi connectivity index (χ4v) is 1.78. The van der Waals surface area contributed by atoms with Gasteiger partial charge in [-0.05, 0) is 12.1 Å². The molecule has 0 spiro atoms. The summed E-state index contributed by atoms with van der Waals surface area (Å²) in [7, 11) is 3.12. The molecule has 0 aliphatic heterocycles. The molecule has 0 bridgehead atoms. The van der Waals surface area contributed by atoms with Crippen molar-refractivity contribution in [2.24, 2.45) is 0 Å². The average Bonchev–Trinajstić information content (AvgIpc) is 2.92. The molecule has 0 amide bonds. The Morgan fingerprint density at radius 1 is 1.10 bits per heavy atom. The van der Waals surface area contributed by atoms with Gasteiger partial charge in [0.25, 0.3) is 5.89 Å². The highest BCUT2D eigenvalue weighted by Gasteiger charge is 2.13. The van der Waals surface area contributed by atoms with Crippen molar-refractivity contribution in [2.45, 2.75) is 13.0 Å². The van der Waals surface area contributed by atoms with Crippen LogP contribution in [0.5, 0.6) is 17.2 Å². The molecule has 0 saturated carbocycles. The first-order valence-electron chi connectivity index (χ1n) is 5.99. The number of hydrogen-bond donors (Lipinski definition) is 0. The lowest BCUT2D eigenvalue weighted by atomic mass is 10.3. The second-order valence-corrected chi connectivity index (χ2v) is 4.19. The molecule has 0 aliphatic rings. The molecule has 0 aliphatic carbocycles. The fourth-order valence-electron chi connectivity index (χ4n) is 1.62. The maximum atomic E-state index is 5.65. The molecule has 0 radical (unpaired) electrons. The van der Waals surface area contributed by atoms with Gasteiger partial charge in [-0.3, -0.25) is 0 Å². The Morgan fingerprint density at radius 3 is 2.35 bits per heavy atom. The Labute approximate surface area is 121 Å². The Hall–Kier alpha value is -1.95.